The van der Waals surface area contributed by atoms with E-state index in [1.165, 1.54) is 0 Å². The summed E-state index contributed by atoms with van der Waals surface area (Å²) in [6.45, 7) is 7.09. The van der Waals surface area contributed by atoms with Crippen LogP contribution in [0.15, 0.2) is 28.8 Å². The number of carbonyl (C=O) groups is 2. The molecule has 1 aromatic carbocycles. The normalized spacial score (nSPS) is 17.0. The molecule has 3 rings (SSSR count). The molecule has 144 valence electrons. The van der Waals surface area contributed by atoms with Crippen LogP contribution in [0.25, 0.3) is 0 Å². The van der Waals surface area contributed by atoms with Crippen LogP contribution in [0.5, 0.6) is 0 Å². The molecule has 0 spiro atoms. The number of benzene rings is 1. The second-order valence-corrected chi connectivity index (χ2v) is 7.11. The lowest BCUT2D eigenvalue weighted by molar-refractivity contribution is -0.132. The van der Waals surface area contributed by atoms with E-state index in [2.05, 4.69) is 10.1 Å². The largest absolute Gasteiger partial charge is 0.340 e. The van der Waals surface area contributed by atoms with Crippen LogP contribution >= 0.6 is 0 Å². The van der Waals surface area contributed by atoms with E-state index in [1.54, 1.807) is 13.8 Å². The molecule has 1 saturated heterocycles. The third kappa shape index (κ3) is 4.72. The lowest BCUT2D eigenvalue weighted by Crippen LogP contribution is -2.51. The molecule has 2 heterocycles. The zero-order valence-electron chi connectivity index (χ0n) is 16.1. The van der Waals surface area contributed by atoms with Gasteiger partial charge in [0.1, 0.15) is 0 Å². The van der Waals surface area contributed by atoms with E-state index in [9.17, 15) is 9.59 Å². The van der Waals surface area contributed by atoms with Gasteiger partial charge in [-0.3, -0.25) is 9.59 Å². The third-order valence-corrected chi connectivity index (χ3v) is 4.94. The monoisotopic (exact) mass is 370 g/mol. The summed E-state index contributed by atoms with van der Waals surface area (Å²) in [6.07, 6.45) is 2.31. The quantitative estimate of drug-likeness (QED) is 0.807. The first-order valence-electron chi connectivity index (χ1n) is 9.36. The molecule has 1 aliphatic rings. The number of hydrogen-bond donors (Lipinski definition) is 0. The summed E-state index contributed by atoms with van der Waals surface area (Å²) in [5.74, 6) is 1.15. The highest BCUT2D eigenvalue weighted by Gasteiger charge is 2.29. The summed E-state index contributed by atoms with van der Waals surface area (Å²) in [6, 6.07) is 7.65. The molecular weight excluding hydrogens is 344 g/mol. The van der Waals surface area contributed by atoms with Crippen molar-refractivity contribution >= 4 is 11.8 Å². The molecule has 0 aliphatic carbocycles. The van der Waals surface area contributed by atoms with Gasteiger partial charge in [-0.2, -0.15) is 4.98 Å². The summed E-state index contributed by atoms with van der Waals surface area (Å²) in [7, 11) is 0. The molecule has 1 atom stereocenters. The molecule has 0 bridgehead atoms. The van der Waals surface area contributed by atoms with Crippen LogP contribution in [0, 0.1) is 13.8 Å². The zero-order valence-corrected chi connectivity index (χ0v) is 16.1. The van der Waals surface area contributed by atoms with E-state index in [4.69, 9.17) is 4.52 Å². The van der Waals surface area contributed by atoms with Crippen molar-refractivity contribution in [1.82, 2.24) is 19.9 Å². The molecule has 2 aromatic rings. The lowest BCUT2D eigenvalue weighted by Gasteiger charge is -2.39. The number of aromatic nitrogens is 2. The van der Waals surface area contributed by atoms with Gasteiger partial charge in [0.15, 0.2) is 5.82 Å². The predicted molar refractivity (Wildman–Crippen MR) is 100 cm³/mol. The van der Waals surface area contributed by atoms with Crippen LogP contribution < -0.4 is 0 Å². The van der Waals surface area contributed by atoms with E-state index < -0.39 is 0 Å². The number of amides is 2. The standard InChI is InChI=1S/C20H26N4O3/c1-14-6-4-7-17(12-14)20(26)23-10-5-8-18(13-23)24(16(3)25)11-9-19-21-15(2)27-22-19/h4,6-7,12,18H,5,8-11,13H2,1-3H3. The Balaban J connectivity index is 1.66. The minimum atomic E-state index is 0.00470. The summed E-state index contributed by atoms with van der Waals surface area (Å²) in [5, 5.41) is 3.89. The first kappa shape index (κ1) is 19.1. The van der Waals surface area contributed by atoms with Crippen LogP contribution in [-0.2, 0) is 11.2 Å². The average Bonchev–Trinajstić information content (AvgIpc) is 3.06. The number of nitrogens with zero attached hydrogens (tertiary/aromatic N) is 4. The van der Waals surface area contributed by atoms with Gasteiger partial charge < -0.3 is 14.3 Å². The maximum absolute atomic E-state index is 12.9. The Kier molecular flexibility index (Phi) is 5.88. The maximum Gasteiger partial charge on any atom is 0.253 e. The zero-order chi connectivity index (χ0) is 19.4. The smallest absolute Gasteiger partial charge is 0.253 e. The molecule has 27 heavy (non-hydrogen) atoms. The van der Waals surface area contributed by atoms with Crippen molar-refractivity contribution in [3.8, 4) is 0 Å². The van der Waals surface area contributed by atoms with Crippen LogP contribution in [0.2, 0.25) is 0 Å². The number of rotatable bonds is 5. The molecular formula is C20H26N4O3. The van der Waals surface area contributed by atoms with E-state index in [0.717, 1.165) is 24.9 Å². The van der Waals surface area contributed by atoms with Gasteiger partial charge in [0, 0.05) is 51.5 Å². The van der Waals surface area contributed by atoms with E-state index in [-0.39, 0.29) is 17.9 Å². The molecule has 7 heteroatoms. The highest BCUT2D eigenvalue weighted by molar-refractivity contribution is 5.94. The summed E-state index contributed by atoms with van der Waals surface area (Å²) in [5.41, 5.74) is 1.77. The van der Waals surface area contributed by atoms with Crippen LogP contribution in [-0.4, -0.2) is 57.4 Å². The molecule has 0 N–H and O–H groups in total. The van der Waals surface area contributed by atoms with Crippen molar-refractivity contribution in [3.05, 3.63) is 47.1 Å². The molecule has 1 unspecified atom stereocenters. The molecule has 0 radical (unpaired) electrons. The van der Waals surface area contributed by atoms with Gasteiger partial charge in [0.05, 0.1) is 0 Å². The van der Waals surface area contributed by atoms with Gasteiger partial charge in [-0.15, -0.1) is 0 Å². The number of piperidine rings is 1. The van der Waals surface area contributed by atoms with Crippen molar-refractivity contribution in [2.24, 2.45) is 0 Å². The van der Waals surface area contributed by atoms with E-state index in [0.29, 0.717) is 36.8 Å². The molecule has 0 saturated carbocycles. The van der Waals surface area contributed by atoms with Gasteiger partial charge in [0.25, 0.3) is 5.91 Å². The Morgan fingerprint density at radius 1 is 1.33 bits per heavy atom. The second kappa shape index (κ2) is 8.33. The molecule has 2 amide bonds. The minimum Gasteiger partial charge on any atom is -0.340 e. The van der Waals surface area contributed by atoms with Crippen molar-refractivity contribution in [2.75, 3.05) is 19.6 Å². The highest BCUT2D eigenvalue weighted by Crippen LogP contribution is 2.19. The second-order valence-electron chi connectivity index (χ2n) is 7.11. The van der Waals surface area contributed by atoms with Crippen LogP contribution in [0.3, 0.4) is 0 Å². The van der Waals surface area contributed by atoms with Gasteiger partial charge in [0.2, 0.25) is 11.8 Å². The summed E-state index contributed by atoms with van der Waals surface area (Å²) in [4.78, 5) is 33.0. The predicted octanol–water partition coefficient (Wildman–Crippen LogP) is 2.38. The summed E-state index contributed by atoms with van der Waals surface area (Å²) >= 11 is 0. The first-order chi connectivity index (χ1) is 12.9. The highest BCUT2D eigenvalue weighted by atomic mass is 16.5. The van der Waals surface area contributed by atoms with Crippen molar-refractivity contribution in [1.29, 1.82) is 0 Å². The number of aryl methyl sites for hydroxylation is 2. The Bertz CT molecular complexity index is 817. The van der Waals surface area contributed by atoms with Gasteiger partial charge in [-0.05, 0) is 31.9 Å². The average molecular weight is 370 g/mol. The van der Waals surface area contributed by atoms with Crippen molar-refractivity contribution < 1.29 is 14.1 Å². The Hall–Kier alpha value is -2.70. The fourth-order valence-electron chi connectivity index (χ4n) is 3.61. The number of likely N-dealkylation sites (tertiary alicyclic amines) is 1. The topological polar surface area (TPSA) is 79.5 Å². The first-order valence-corrected chi connectivity index (χ1v) is 9.36. The van der Waals surface area contributed by atoms with Gasteiger partial charge in [-0.25, -0.2) is 0 Å². The third-order valence-electron chi connectivity index (χ3n) is 4.94. The number of carbonyl (C=O) groups excluding carboxylic acids is 2. The van der Waals surface area contributed by atoms with Gasteiger partial charge in [-0.1, -0.05) is 22.9 Å². The maximum atomic E-state index is 12.9. The van der Waals surface area contributed by atoms with Crippen molar-refractivity contribution in [2.45, 2.75) is 46.1 Å². The molecule has 1 aliphatic heterocycles. The van der Waals surface area contributed by atoms with E-state index in [1.807, 2.05) is 41.0 Å². The Labute approximate surface area is 159 Å². The fraction of sp³-hybridized carbons (Fsp3) is 0.500. The fourth-order valence-corrected chi connectivity index (χ4v) is 3.61. The van der Waals surface area contributed by atoms with Gasteiger partial charge >= 0.3 is 0 Å². The Morgan fingerprint density at radius 2 is 2.15 bits per heavy atom. The molecule has 1 fully saturated rings. The van der Waals surface area contributed by atoms with Crippen LogP contribution in [0.1, 0.15) is 47.4 Å². The Morgan fingerprint density at radius 3 is 2.81 bits per heavy atom. The van der Waals surface area contributed by atoms with E-state index >= 15 is 0 Å². The van der Waals surface area contributed by atoms with Crippen molar-refractivity contribution in [3.63, 3.8) is 0 Å². The molecule has 7 nitrogen and oxygen atoms in total. The SMILES string of the molecule is CC(=O)N(CCc1noc(C)n1)C1CCCN(C(=O)c2cccc(C)c2)C1. The van der Waals surface area contributed by atoms with Crippen LogP contribution in [0.4, 0.5) is 0 Å². The molecule has 1 aromatic heterocycles. The minimum absolute atomic E-state index is 0.00470. The summed E-state index contributed by atoms with van der Waals surface area (Å²) < 4.78 is 4.99. The number of hydrogen-bond acceptors (Lipinski definition) is 5. The lowest BCUT2D eigenvalue weighted by atomic mass is 10.0.